The second-order valence-corrected chi connectivity index (χ2v) is 7.36. The molecular formula is C17H34N2O. The molecule has 0 aromatic heterocycles. The van der Waals surface area contributed by atoms with Gasteiger partial charge in [-0.25, -0.2) is 0 Å². The van der Waals surface area contributed by atoms with E-state index in [1.165, 1.54) is 58.4 Å². The second-order valence-electron chi connectivity index (χ2n) is 7.36. The third-order valence-corrected chi connectivity index (χ3v) is 4.75. The van der Waals surface area contributed by atoms with E-state index < -0.39 is 0 Å². The normalized spacial score (nSPS) is 24.9. The predicted octanol–water partition coefficient (Wildman–Crippen LogP) is 3.00. The summed E-state index contributed by atoms with van der Waals surface area (Å²) >= 11 is 0. The fourth-order valence-corrected chi connectivity index (χ4v) is 3.54. The third kappa shape index (κ3) is 5.01. The van der Waals surface area contributed by atoms with E-state index in [-0.39, 0.29) is 0 Å². The Bertz CT molecular complexity index is 264. The van der Waals surface area contributed by atoms with Crippen molar-refractivity contribution in [3.8, 4) is 0 Å². The van der Waals surface area contributed by atoms with Gasteiger partial charge >= 0.3 is 0 Å². The average Bonchev–Trinajstić information content (AvgIpc) is 2.41. The molecule has 2 saturated heterocycles. The molecule has 0 bridgehead atoms. The molecule has 118 valence electrons. The van der Waals surface area contributed by atoms with Crippen LogP contribution in [0.4, 0.5) is 0 Å². The Morgan fingerprint density at radius 1 is 0.850 bits per heavy atom. The molecule has 0 N–H and O–H groups in total. The van der Waals surface area contributed by atoms with E-state index in [4.69, 9.17) is 4.74 Å². The number of ether oxygens (including phenoxy) is 1. The van der Waals surface area contributed by atoms with Crippen LogP contribution in [0.2, 0.25) is 0 Å². The summed E-state index contributed by atoms with van der Waals surface area (Å²) in [6.45, 7) is 15.4. The molecule has 3 heteroatoms. The van der Waals surface area contributed by atoms with Gasteiger partial charge in [0.25, 0.3) is 0 Å². The minimum absolute atomic E-state index is 0.520. The molecule has 2 aliphatic heterocycles. The molecule has 3 nitrogen and oxygen atoms in total. The smallest absolute Gasteiger partial charge is 0.0603 e. The Hall–Kier alpha value is -0.120. The number of hydrogen-bond acceptors (Lipinski definition) is 3. The molecule has 0 atom stereocenters. The van der Waals surface area contributed by atoms with Gasteiger partial charge in [-0.15, -0.1) is 0 Å². The summed E-state index contributed by atoms with van der Waals surface area (Å²) in [6.07, 6.45) is 5.96. The summed E-state index contributed by atoms with van der Waals surface area (Å²) in [5.74, 6) is 0.785. The molecule has 2 fully saturated rings. The lowest BCUT2D eigenvalue weighted by atomic mass is 10.0. The van der Waals surface area contributed by atoms with Crippen LogP contribution in [-0.2, 0) is 4.74 Å². The fourth-order valence-electron chi connectivity index (χ4n) is 3.54. The lowest BCUT2D eigenvalue weighted by Crippen LogP contribution is -2.44. The molecule has 0 spiro atoms. The van der Waals surface area contributed by atoms with Crippen molar-refractivity contribution in [1.29, 1.82) is 0 Å². The van der Waals surface area contributed by atoms with E-state index in [0.29, 0.717) is 18.2 Å². The summed E-state index contributed by atoms with van der Waals surface area (Å²) in [5.41, 5.74) is 0. The molecule has 0 aromatic carbocycles. The van der Waals surface area contributed by atoms with Crippen LogP contribution in [-0.4, -0.2) is 60.8 Å². The summed E-state index contributed by atoms with van der Waals surface area (Å²) in [6, 6.07) is 0.690. The van der Waals surface area contributed by atoms with Crippen LogP contribution in [0.3, 0.4) is 0 Å². The van der Waals surface area contributed by atoms with Gasteiger partial charge in [-0.05, 0) is 45.4 Å². The summed E-state index contributed by atoms with van der Waals surface area (Å²) < 4.78 is 6.36. The molecule has 2 rings (SSSR count). The van der Waals surface area contributed by atoms with Crippen LogP contribution in [0, 0.1) is 5.92 Å². The monoisotopic (exact) mass is 282 g/mol. The topological polar surface area (TPSA) is 15.7 Å². The van der Waals surface area contributed by atoms with Gasteiger partial charge in [0.1, 0.15) is 0 Å². The van der Waals surface area contributed by atoms with E-state index in [0.717, 1.165) is 5.92 Å². The quantitative estimate of drug-likeness (QED) is 0.771. The lowest BCUT2D eigenvalue weighted by Gasteiger charge is -2.38. The first kappa shape index (κ1) is 16.3. The van der Waals surface area contributed by atoms with Gasteiger partial charge in [-0.3, -0.25) is 0 Å². The van der Waals surface area contributed by atoms with Crippen LogP contribution in [0.5, 0.6) is 0 Å². The molecule has 2 aliphatic rings. The van der Waals surface area contributed by atoms with E-state index in [1.54, 1.807) is 0 Å². The molecule has 0 unspecified atom stereocenters. The molecule has 20 heavy (non-hydrogen) atoms. The van der Waals surface area contributed by atoms with Gasteiger partial charge in [0.15, 0.2) is 0 Å². The summed E-state index contributed by atoms with van der Waals surface area (Å²) in [5, 5.41) is 0. The van der Waals surface area contributed by atoms with Crippen molar-refractivity contribution in [1.82, 2.24) is 9.80 Å². The van der Waals surface area contributed by atoms with Crippen LogP contribution < -0.4 is 0 Å². The average molecular weight is 282 g/mol. The van der Waals surface area contributed by atoms with Crippen LogP contribution in [0.15, 0.2) is 0 Å². The van der Waals surface area contributed by atoms with Crippen molar-refractivity contribution in [3.05, 3.63) is 0 Å². The van der Waals surface area contributed by atoms with Crippen LogP contribution >= 0.6 is 0 Å². The highest BCUT2D eigenvalue weighted by Crippen LogP contribution is 2.22. The lowest BCUT2D eigenvalue weighted by molar-refractivity contribution is -0.0681. The summed E-state index contributed by atoms with van der Waals surface area (Å²) in [7, 11) is 0. The first-order valence-corrected chi connectivity index (χ1v) is 8.66. The molecule has 2 heterocycles. The van der Waals surface area contributed by atoms with Gasteiger partial charge in [0.05, 0.1) is 12.2 Å². The van der Waals surface area contributed by atoms with Gasteiger partial charge in [-0.1, -0.05) is 13.8 Å². The zero-order chi connectivity index (χ0) is 14.5. The Kier molecular flexibility index (Phi) is 6.31. The zero-order valence-corrected chi connectivity index (χ0v) is 14.0. The fraction of sp³-hybridized carbons (Fsp3) is 1.00. The molecule has 0 saturated carbocycles. The van der Waals surface area contributed by atoms with Crippen LogP contribution in [0.1, 0.15) is 53.4 Å². The molecule has 0 aliphatic carbocycles. The van der Waals surface area contributed by atoms with Crippen molar-refractivity contribution in [2.75, 3.05) is 32.7 Å². The second kappa shape index (κ2) is 7.77. The van der Waals surface area contributed by atoms with Crippen LogP contribution in [0.25, 0.3) is 0 Å². The van der Waals surface area contributed by atoms with E-state index in [1.807, 2.05) is 0 Å². The minimum atomic E-state index is 0.520. The highest BCUT2D eigenvalue weighted by atomic mass is 16.5. The van der Waals surface area contributed by atoms with Crippen molar-refractivity contribution < 1.29 is 4.74 Å². The maximum atomic E-state index is 6.36. The zero-order valence-electron chi connectivity index (χ0n) is 14.0. The van der Waals surface area contributed by atoms with Gasteiger partial charge < -0.3 is 14.5 Å². The predicted molar refractivity (Wildman–Crippen MR) is 85.1 cm³/mol. The highest BCUT2D eigenvalue weighted by Gasteiger charge is 2.26. The number of nitrogens with zero attached hydrogens (tertiary/aromatic N) is 2. The first-order valence-electron chi connectivity index (χ1n) is 8.66. The third-order valence-electron chi connectivity index (χ3n) is 4.75. The number of likely N-dealkylation sites (tertiary alicyclic amines) is 2. The Morgan fingerprint density at radius 3 is 1.80 bits per heavy atom. The number of piperidine rings is 2. The van der Waals surface area contributed by atoms with Crippen molar-refractivity contribution in [3.63, 3.8) is 0 Å². The Balaban J connectivity index is 1.64. The largest absolute Gasteiger partial charge is 0.375 e. The molecular weight excluding hydrogens is 248 g/mol. The maximum absolute atomic E-state index is 6.36. The van der Waals surface area contributed by atoms with E-state index >= 15 is 0 Å². The van der Waals surface area contributed by atoms with Crippen molar-refractivity contribution >= 4 is 0 Å². The number of hydrogen-bond donors (Lipinski definition) is 0. The van der Waals surface area contributed by atoms with Gasteiger partial charge in [0.2, 0.25) is 0 Å². The Morgan fingerprint density at radius 2 is 1.35 bits per heavy atom. The first-order chi connectivity index (χ1) is 9.54. The maximum Gasteiger partial charge on any atom is 0.0603 e. The van der Waals surface area contributed by atoms with E-state index in [9.17, 15) is 0 Å². The highest BCUT2D eigenvalue weighted by molar-refractivity contribution is 4.78. The minimum Gasteiger partial charge on any atom is -0.375 e. The molecule has 0 aromatic rings. The van der Waals surface area contributed by atoms with Crippen molar-refractivity contribution in [2.24, 2.45) is 5.92 Å². The molecule has 0 amide bonds. The summed E-state index contributed by atoms with van der Waals surface area (Å²) in [4.78, 5) is 5.18. The standard InChI is InChI=1S/C17H34N2O/c1-14(2)13-18-9-5-16(6-10-18)20-17-7-11-19(12-8-17)15(3)4/h14-17H,5-13H2,1-4H3. The van der Waals surface area contributed by atoms with Gasteiger partial charge in [-0.2, -0.15) is 0 Å². The molecule has 0 radical (unpaired) electrons. The SMILES string of the molecule is CC(C)CN1CCC(OC2CCN(C(C)C)CC2)CC1. The van der Waals surface area contributed by atoms with E-state index in [2.05, 4.69) is 37.5 Å². The van der Waals surface area contributed by atoms with Crippen molar-refractivity contribution in [2.45, 2.75) is 71.6 Å². The van der Waals surface area contributed by atoms with Gasteiger partial charge in [0, 0.05) is 38.8 Å². The number of rotatable bonds is 5. The Labute approximate surface area is 125 Å².